The predicted octanol–water partition coefficient (Wildman–Crippen LogP) is 2.99. The first-order chi connectivity index (χ1) is 13.1. The zero-order valence-electron chi connectivity index (χ0n) is 15.2. The molecule has 0 atom stereocenters. The van der Waals surface area contributed by atoms with E-state index in [9.17, 15) is 14.9 Å². The van der Waals surface area contributed by atoms with Gasteiger partial charge >= 0.3 is 0 Å². The van der Waals surface area contributed by atoms with Crippen LogP contribution in [-0.4, -0.2) is 53.4 Å². The van der Waals surface area contributed by atoms with E-state index in [0.29, 0.717) is 18.7 Å². The highest BCUT2D eigenvalue weighted by Gasteiger charge is 2.23. The van der Waals surface area contributed by atoms with Crippen molar-refractivity contribution in [1.82, 2.24) is 9.80 Å². The molecule has 0 aliphatic carbocycles. The van der Waals surface area contributed by atoms with E-state index in [1.54, 1.807) is 23.1 Å². The number of carbonyl (C=O) groups is 1. The number of carbonyl (C=O) groups excluding carboxylic acids is 1. The van der Waals surface area contributed by atoms with Gasteiger partial charge in [0.15, 0.2) is 0 Å². The van der Waals surface area contributed by atoms with Crippen molar-refractivity contribution in [2.45, 2.75) is 6.42 Å². The molecule has 140 valence electrons. The molecule has 2 aromatic carbocycles. The average Bonchev–Trinajstić information content (AvgIpc) is 2.69. The maximum absolute atomic E-state index is 12.5. The summed E-state index contributed by atoms with van der Waals surface area (Å²) in [6.45, 7) is 3.77. The molecule has 0 unspecified atom stereocenters. The fourth-order valence-electron chi connectivity index (χ4n) is 3.20. The SMILES string of the molecule is O=C(Cc1ccccc1[N+](=O)[O-])N1CCN(CC=Cc2ccccc2)CC1. The van der Waals surface area contributed by atoms with Crippen LogP contribution in [0.4, 0.5) is 5.69 Å². The second-order valence-corrected chi connectivity index (χ2v) is 6.56. The molecule has 0 spiro atoms. The summed E-state index contributed by atoms with van der Waals surface area (Å²) in [5.41, 5.74) is 1.66. The monoisotopic (exact) mass is 365 g/mol. The Kier molecular flexibility index (Phi) is 6.33. The van der Waals surface area contributed by atoms with E-state index in [1.807, 2.05) is 18.2 Å². The molecule has 6 nitrogen and oxygen atoms in total. The molecule has 0 radical (unpaired) electrons. The third-order valence-electron chi connectivity index (χ3n) is 4.73. The number of hydrogen-bond donors (Lipinski definition) is 0. The van der Waals surface area contributed by atoms with E-state index < -0.39 is 4.92 Å². The van der Waals surface area contributed by atoms with Crippen LogP contribution in [0.15, 0.2) is 60.7 Å². The van der Waals surface area contributed by atoms with Crippen molar-refractivity contribution in [3.63, 3.8) is 0 Å². The Morgan fingerprint density at radius 3 is 2.37 bits per heavy atom. The van der Waals surface area contributed by atoms with Crippen LogP contribution >= 0.6 is 0 Å². The lowest BCUT2D eigenvalue weighted by molar-refractivity contribution is -0.385. The van der Waals surface area contributed by atoms with E-state index in [1.165, 1.54) is 11.6 Å². The molecule has 6 heteroatoms. The maximum Gasteiger partial charge on any atom is 0.273 e. The van der Waals surface area contributed by atoms with Gasteiger partial charge in [-0.3, -0.25) is 19.8 Å². The Labute approximate surface area is 158 Å². The first kappa shape index (κ1) is 18.8. The highest BCUT2D eigenvalue weighted by Crippen LogP contribution is 2.19. The number of amides is 1. The largest absolute Gasteiger partial charge is 0.340 e. The van der Waals surface area contributed by atoms with Gasteiger partial charge in [-0.2, -0.15) is 0 Å². The summed E-state index contributed by atoms with van der Waals surface area (Å²) in [6, 6.07) is 16.6. The summed E-state index contributed by atoms with van der Waals surface area (Å²) in [4.78, 5) is 27.3. The van der Waals surface area contributed by atoms with Crippen LogP contribution in [0.2, 0.25) is 0 Å². The van der Waals surface area contributed by atoms with Crippen LogP contribution < -0.4 is 0 Å². The number of nitro benzene ring substituents is 1. The van der Waals surface area contributed by atoms with Crippen LogP contribution in [-0.2, 0) is 11.2 Å². The van der Waals surface area contributed by atoms with Crippen LogP contribution in [0.3, 0.4) is 0 Å². The molecule has 27 heavy (non-hydrogen) atoms. The predicted molar refractivity (Wildman–Crippen MR) is 105 cm³/mol. The quantitative estimate of drug-likeness (QED) is 0.583. The summed E-state index contributed by atoms with van der Waals surface area (Å²) >= 11 is 0. The summed E-state index contributed by atoms with van der Waals surface area (Å²) in [5.74, 6) is -0.0521. The first-order valence-corrected chi connectivity index (χ1v) is 9.07. The van der Waals surface area contributed by atoms with Crippen LogP contribution in [0, 0.1) is 10.1 Å². The van der Waals surface area contributed by atoms with Crippen molar-refractivity contribution in [2.75, 3.05) is 32.7 Å². The van der Waals surface area contributed by atoms with Crippen molar-refractivity contribution in [3.8, 4) is 0 Å². The van der Waals surface area contributed by atoms with Gasteiger partial charge in [0, 0.05) is 44.4 Å². The normalized spacial score (nSPS) is 15.2. The standard InChI is InChI=1S/C21H23N3O3/c25-21(17-19-10-4-5-11-20(19)24(26)27)23-15-13-22(14-16-23)12-6-9-18-7-2-1-3-8-18/h1-11H,12-17H2. The van der Waals surface area contributed by atoms with Gasteiger partial charge in [-0.15, -0.1) is 0 Å². The van der Waals surface area contributed by atoms with Gasteiger partial charge in [-0.1, -0.05) is 60.7 Å². The minimum atomic E-state index is -0.431. The molecule has 0 saturated carbocycles. The summed E-state index contributed by atoms with van der Waals surface area (Å²) in [7, 11) is 0. The molecule has 1 aliphatic heterocycles. The molecular weight excluding hydrogens is 342 g/mol. The second kappa shape index (κ2) is 9.09. The van der Waals surface area contributed by atoms with E-state index in [2.05, 4.69) is 29.2 Å². The minimum absolute atomic E-state index is 0.00975. The molecule has 0 N–H and O–H groups in total. The molecule has 0 aromatic heterocycles. The lowest BCUT2D eigenvalue weighted by Crippen LogP contribution is -2.49. The number of piperazine rings is 1. The smallest absolute Gasteiger partial charge is 0.273 e. The Morgan fingerprint density at radius 1 is 1.00 bits per heavy atom. The first-order valence-electron chi connectivity index (χ1n) is 9.07. The van der Waals surface area contributed by atoms with Crippen molar-refractivity contribution >= 4 is 17.7 Å². The topological polar surface area (TPSA) is 66.7 Å². The van der Waals surface area contributed by atoms with Crippen molar-refractivity contribution < 1.29 is 9.72 Å². The Balaban J connectivity index is 1.48. The molecule has 1 fully saturated rings. The van der Waals surface area contributed by atoms with E-state index >= 15 is 0 Å². The third-order valence-corrected chi connectivity index (χ3v) is 4.73. The zero-order chi connectivity index (χ0) is 19.1. The zero-order valence-corrected chi connectivity index (χ0v) is 15.2. The summed E-state index contributed by atoms with van der Waals surface area (Å²) in [6.07, 6.45) is 4.32. The third kappa shape index (κ3) is 5.24. The number of para-hydroxylation sites is 1. The minimum Gasteiger partial charge on any atom is -0.340 e. The molecule has 2 aromatic rings. The molecular formula is C21H23N3O3. The van der Waals surface area contributed by atoms with E-state index in [-0.39, 0.29) is 18.0 Å². The number of hydrogen-bond acceptors (Lipinski definition) is 4. The number of benzene rings is 2. The van der Waals surface area contributed by atoms with Crippen LogP contribution in [0.25, 0.3) is 6.08 Å². The van der Waals surface area contributed by atoms with Gasteiger partial charge in [0.25, 0.3) is 5.69 Å². The fraction of sp³-hybridized carbons (Fsp3) is 0.286. The molecule has 1 aliphatic rings. The highest BCUT2D eigenvalue weighted by molar-refractivity contribution is 5.80. The lowest BCUT2D eigenvalue weighted by Gasteiger charge is -2.34. The van der Waals surface area contributed by atoms with Crippen LogP contribution in [0.5, 0.6) is 0 Å². The lowest BCUT2D eigenvalue weighted by atomic mass is 10.1. The van der Waals surface area contributed by atoms with Gasteiger partial charge in [0.1, 0.15) is 0 Å². The Morgan fingerprint density at radius 2 is 1.67 bits per heavy atom. The molecule has 3 rings (SSSR count). The number of nitrogens with zero attached hydrogens (tertiary/aromatic N) is 3. The number of rotatable bonds is 6. The van der Waals surface area contributed by atoms with Crippen molar-refractivity contribution in [1.29, 1.82) is 0 Å². The molecule has 1 heterocycles. The maximum atomic E-state index is 12.5. The highest BCUT2D eigenvalue weighted by atomic mass is 16.6. The Bertz CT molecular complexity index is 812. The van der Waals surface area contributed by atoms with Crippen LogP contribution in [0.1, 0.15) is 11.1 Å². The molecule has 1 saturated heterocycles. The number of nitro groups is 1. The summed E-state index contributed by atoms with van der Waals surface area (Å²) in [5, 5.41) is 11.1. The molecule has 1 amide bonds. The van der Waals surface area contributed by atoms with Gasteiger partial charge in [0.2, 0.25) is 5.91 Å². The van der Waals surface area contributed by atoms with Gasteiger partial charge < -0.3 is 4.90 Å². The fourth-order valence-corrected chi connectivity index (χ4v) is 3.20. The van der Waals surface area contributed by atoms with Gasteiger partial charge in [0.05, 0.1) is 11.3 Å². The average molecular weight is 365 g/mol. The van der Waals surface area contributed by atoms with Gasteiger partial charge in [-0.25, -0.2) is 0 Å². The van der Waals surface area contributed by atoms with Gasteiger partial charge in [-0.05, 0) is 5.56 Å². The van der Waals surface area contributed by atoms with Crippen molar-refractivity contribution in [2.24, 2.45) is 0 Å². The Hall–Kier alpha value is -2.99. The molecule has 0 bridgehead atoms. The van der Waals surface area contributed by atoms with Crippen molar-refractivity contribution in [3.05, 3.63) is 81.9 Å². The van der Waals surface area contributed by atoms with E-state index in [4.69, 9.17) is 0 Å². The van der Waals surface area contributed by atoms with E-state index in [0.717, 1.165) is 19.6 Å². The second-order valence-electron chi connectivity index (χ2n) is 6.56. The summed E-state index contributed by atoms with van der Waals surface area (Å²) < 4.78 is 0.